The molecule has 1 atom stereocenters. The predicted molar refractivity (Wildman–Crippen MR) is 82.2 cm³/mol. The second kappa shape index (κ2) is 6.51. The number of fused-ring (bicyclic) bond motifs is 1. The van der Waals surface area contributed by atoms with Crippen molar-refractivity contribution in [1.82, 2.24) is 9.97 Å². The van der Waals surface area contributed by atoms with Crippen LogP contribution in [0.15, 0.2) is 30.7 Å². The molecule has 0 spiro atoms. The summed E-state index contributed by atoms with van der Waals surface area (Å²) in [6.07, 6.45) is 4.91. The fourth-order valence-electron chi connectivity index (χ4n) is 2.70. The van der Waals surface area contributed by atoms with E-state index in [0.29, 0.717) is 19.1 Å². The van der Waals surface area contributed by atoms with Gasteiger partial charge in [0, 0.05) is 17.6 Å². The molecule has 116 valence electrons. The first-order valence-corrected chi connectivity index (χ1v) is 7.44. The Hall–Kier alpha value is -2.50. The van der Waals surface area contributed by atoms with Crippen LogP contribution in [0.5, 0.6) is 5.75 Å². The Labute approximate surface area is 128 Å². The Kier molecular flexibility index (Phi) is 4.27. The van der Waals surface area contributed by atoms with Crippen LogP contribution in [-0.2, 0) is 11.2 Å². The third kappa shape index (κ3) is 3.21. The van der Waals surface area contributed by atoms with E-state index in [0.717, 1.165) is 35.5 Å². The highest BCUT2D eigenvalue weighted by atomic mass is 16.5. The van der Waals surface area contributed by atoms with Gasteiger partial charge in [0.15, 0.2) is 0 Å². The lowest BCUT2D eigenvalue weighted by Crippen LogP contribution is -2.18. The maximum absolute atomic E-state index is 11.5. The van der Waals surface area contributed by atoms with Crippen molar-refractivity contribution in [1.29, 1.82) is 0 Å². The number of aromatic amines is 1. The lowest BCUT2D eigenvalue weighted by Gasteiger charge is -2.26. The summed E-state index contributed by atoms with van der Waals surface area (Å²) in [4.78, 5) is 18.7. The summed E-state index contributed by atoms with van der Waals surface area (Å²) < 4.78 is 10.6. The molecule has 1 aromatic heterocycles. The predicted octanol–water partition coefficient (Wildman–Crippen LogP) is 3.09. The zero-order valence-corrected chi connectivity index (χ0v) is 12.5. The van der Waals surface area contributed by atoms with Crippen LogP contribution < -0.4 is 10.1 Å². The second-order valence-corrected chi connectivity index (χ2v) is 5.21. The standard InChI is InChI=1S/C16H19N3O3/c1-2-21-16(20)19-12-3-4-15-14(8-12)11(5-6-22-15)7-13-9-17-10-18-13/h3-4,8-11H,2,5-7H2,1H3,(H,17,18)(H,19,20). The van der Waals surface area contributed by atoms with E-state index in [2.05, 4.69) is 15.3 Å². The molecular formula is C16H19N3O3. The van der Waals surface area contributed by atoms with Gasteiger partial charge >= 0.3 is 6.09 Å². The first-order chi connectivity index (χ1) is 10.8. The van der Waals surface area contributed by atoms with Crippen LogP contribution in [-0.4, -0.2) is 29.3 Å². The largest absolute Gasteiger partial charge is 0.493 e. The lowest BCUT2D eigenvalue weighted by atomic mass is 9.89. The number of aromatic nitrogens is 2. The van der Waals surface area contributed by atoms with Crippen molar-refractivity contribution >= 4 is 11.8 Å². The van der Waals surface area contributed by atoms with Crippen molar-refractivity contribution in [3.05, 3.63) is 42.0 Å². The van der Waals surface area contributed by atoms with Gasteiger partial charge in [0.1, 0.15) is 5.75 Å². The minimum absolute atomic E-state index is 0.341. The van der Waals surface area contributed by atoms with E-state index in [1.807, 2.05) is 24.4 Å². The van der Waals surface area contributed by atoms with E-state index in [1.165, 1.54) is 0 Å². The van der Waals surface area contributed by atoms with Crippen LogP contribution in [0.3, 0.4) is 0 Å². The quantitative estimate of drug-likeness (QED) is 0.910. The number of amides is 1. The number of nitrogens with one attached hydrogen (secondary N) is 2. The Balaban J connectivity index is 1.79. The van der Waals surface area contributed by atoms with Crippen molar-refractivity contribution in [2.45, 2.75) is 25.7 Å². The molecule has 0 saturated carbocycles. The number of carbonyl (C=O) groups excluding carboxylic acids is 1. The third-order valence-electron chi connectivity index (χ3n) is 3.72. The van der Waals surface area contributed by atoms with E-state index in [-0.39, 0.29) is 0 Å². The molecule has 0 bridgehead atoms. The molecule has 1 aromatic carbocycles. The van der Waals surface area contributed by atoms with Crippen molar-refractivity contribution in [2.24, 2.45) is 0 Å². The van der Waals surface area contributed by atoms with E-state index in [9.17, 15) is 4.79 Å². The Morgan fingerprint density at radius 3 is 3.23 bits per heavy atom. The molecule has 22 heavy (non-hydrogen) atoms. The number of hydrogen-bond donors (Lipinski definition) is 2. The number of rotatable bonds is 4. The van der Waals surface area contributed by atoms with Crippen molar-refractivity contribution in [3.63, 3.8) is 0 Å². The van der Waals surface area contributed by atoms with Crippen LogP contribution in [0.4, 0.5) is 10.5 Å². The van der Waals surface area contributed by atoms with E-state index in [4.69, 9.17) is 9.47 Å². The number of carbonyl (C=O) groups is 1. The number of ether oxygens (including phenoxy) is 2. The SMILES string of the molecule is CCOC(=O)Nc1ccc2c(c1)C(Cc1cnc[nH]1)CCO2. The molecular weight excluding hydrogens is 282 g/mol. The molecule has 1 aliphatic heterocycles. The summed E-state index contributed by atoms with van der Waals surface area (Å²) in [5.74, 6) is 1.22. The molecule has 2 heterocycles. The number of benzene rings is 1. The highest BCUT2D eigenvalue weighted by molar-refractivity contribution is 5.84. The van der Waals surface area contributed by atoms with Gasteiger partial charge in [0.2, 0.25) is 0 Å². The van der Waals surface area contributed by atoms with Gasteiger partial charge in [-0.1, -0.05) is 0 Å². The first kappa shape index (κ1) is 14.4. The molecule has 0 saturated heterocycles. The molecule has 2 N–H and O–H groups in total. The van der Waals surface area contributed by atoms with Gasteiger partial charge in [-0.2, -0.15) is 0 Å². The van der Waals surface area contributed by atoms with E-state index < -0.39 is 6.09 Å². The number of imidazole rings is 1. The lowest BCUT2D eigenvalue weighted by molar-refractivity contribution is 0.168. The van der Waals surface area contributed by atoms with Crippen LogP contribution in [0, 0.1) is 0 Å². The van der Waals surface area contributed by atoms with Gasteiger partial charge in [0.25, 0.3) is 0 Å². The summed E-state index contributed by atoms with van der Waals surface area (Å²) in [6.45, 7) is 2.83. The first-order valence-electron chi connectivity index (χ1n) is 7.44. The third-order valence-corrected chi connectivity index (χ3v) is 3.72. The minimum atomic E-state index is -0.440. The molecule has 0 aliphatic carbocycles. The Morgan fingerprint density at radius 2 is 2.45 bits per heavy atom. The molecule has 1 unspecified atom stereocenters. The number of H-pyrrole nitrogens is 1. The topological polar surface area (TPSA) is 76.2 Å². The average molecular weight is 301 g/mol. The fourth-order valence-corrected chi connectivity index (χ4v) is 2.70. The minimum Gasteiger partial charge on any atom is -0.493 e. The summed E-state index contributed by atoms with van der Waals surface area (Å²) in [5.41, 5.74) is 2.93. The van der Waals surface area contributed by atoms with Gasteiger partial charge < -0.3 is 14.5 Å². The van der Waals surface area contributed by atoms with Crippen LogP contribution >= 0.6 is 0 Å². The molecule has 6 heteroatoms. The Morgan fingerprint density at radius 1 is 1.55 bits per heavy atom. The summed E-state index contributed by atoms with van der Waals surface area (Å²) in [5, 5.41) is 2.74. The van der Waals surface area contributed by atoms with Crippen molar-refractivity contribution < 1.29 is 14.3 Å². The number of anilines is 1. The smallest absolute Gasteiger partial charge is 0.411 e. The van der Waals surface area contributed by atoms with Gasteiger partial charge in [-0.3, -0.25) is 5.32 Å². The maximum atomic E-state index is 11.5. The number of nitrogens with zero attached hydrogens (tertiary/aromatic N) is 1. The normalized spacial score (nSPS) is 16.5. The van der Waals surface area contributed by atoms with Gasteiger partial charge in [-0.05, 0) is 49.4 Å². The molecule has 0 fully saturated rings. The number of hydrogen-bond acceptors (Lipinski definition) is 4. The molecule has 6 nitrogen and oxygen atoms in total. The van der Waals surface area contributed by atoms with Crippen LogP contribution in [0.25, 0.3) is 0 Å². The fraction of sp³-hybridized carbons (Fsp3) is 0.375. The van der Waals surface area contributed by atoms with E-state index in [1.54, 1.807) is 13.3 Å². The monoisotopic (exact) mass is 301 g/mol. The summed E-state index contributed by atoms with van der Waals surface area (Å²) in [6, 6.07) is 5.69. The Bertz CT molecular complexity index is 640. The summed E-state index contributed by atoms with van der Waals surface area (Å²) in [7, 11) is 0. The van der Waals surface area contributed by atoms with Crippen LogP contribution in [0.2, 0.25) is 0 Å². The highest BCUT2D eigenvalue weighted by Gasteiger charge is 2.23. The second-order valence-electron chi connectivity index (χ2n) is 5.21. The molecule has 2 aromatic rings. The van der Waals surface area contributed by atoms with Gasteiger partial charge in [0.05, 0.1) is 19.5 Å². The van der Waals surface area contributed by atoms with Gasteiger partial charge in [-0.25, -0.2) is 9.78 Å². The van der Waals surface area contributed by atoms with E-state index >= 15 is 0 Å². The van der Waals surface area contributed by atoms with Gasteiger partial charge in [-0.15, -0.1) is 0 Å². The summed E-state index contributed by atoms with van der Waals surface area (Å²) >= 11 is 0. The molecule has 1 aliphatic rings. The molecule has 3 rings (SSSR count). The molecule has 1 amide bonds. The molecule has 0 radical (unpaired) electrons. The zero-order chi connectivity index (χ0) is 15.4. The highest BCUT2D eigenvalue weighted by Crippen LogP contribution is 2.37. The zero-order valence-electron chi connectivity index (χ0n) is 12.5. The van der Waals surface area contributed by atoms with Crippen LogP contribution in [0.1, 0.15) is 30.5 Å². The maximum Gasteiger partial charge on any atom is 0.411 e. The van der Waals surface area contributed by atoms with Crippen molar-refractivity contribution in [2.75, 3.05) is 18.5 Å². The average Bonchev–Trinajstić information content (AvgIpc) is 3.01. The van der Waals surface area contributed by atoms with Crippen molar-refractivity contribution in [3.8, 4) is 5.75 Å².